The number of aryl methyl sites for hydroxylation is 2. The third-order valence-electron chi connectivity index (χ3n) is 4.57. The van der Waals surface area contributed by atoms with Crippen molar-refractivity contribution in [3.8, 4) is 5.69 Å². The molecule has 0 atom stereocenters. The van der Waals surface area contributed by atoms with E-state index in [-0.39, 0.29) is 5.91 Å². The van der Waals surface area contributed by atoms with Crippen molar-refractivity contribution in [3.05, 3.63) is 82.1 Å². The zero-order chi connectivity index (χ0) is 20.8. The van der Waals surface area contributed by atoms with E-state index in [0.29, 0.717) is 17.2 Å². The summed E-state index contributed by atoms with van der Waals surface area (Å²) >= 11 is 7.50. The predicted molar refractivity (Wildman–Crippen MR) is 123 cm³/mol. The lowest BCUT2D eigenvalue weighted by Gasteiger charge is -2.09. The molecule has 2 aromatic carbocycles. The number of benzene rings is 2. The van der Waals surface area contributed by atoms with Gasteiger partial charge in [-0.2, -0.15) is 5.10 Å². The van der Waals surface area contributed by atoms with Crippen LogP contribution in [0.15, 0.2) is 64.6 Å². The van der Waals surface area contributed by atoms with Gasteiger partial charge in [0, 0.05) is 44.7 Å². The van der Waals surface area contributed by atoms with E-state index < -0.39 is 0 Å². The van der Waals surface area contributed by atoms with Crippen LogP contribution in [0.25, 0.3) is 5.69 Å². The van der Waals surface area contributed by atoms with Crippen molar-refractivity contribution >= 4 is 35.5 Å². The lowest BCUT2D eigenvalue weighted by atomic mass is 10.2. The molecule has 6 heteroatoms. The number of carbonyl (C=O) groups excluding carboxylic acids is 1. The molecule has 1 amide bonds. The fourth-order valence-corrected chi connectivity index (χ4v) is 4.01. The maximum atomic E-state index is 12.0. The number of hydrogen-bond acceptors (Lipinski definition) is 3. The molecule has 150 valence electrons. The topological polar surface area (TPSA) is 46.4 Å². The Labute approximate surface area is 181 Å². The minimum absolute atomic E-state index is 0.102. The predicted octanol–water partition coefficient (Wildman–Crippen LogP) is 5.69. The molecule has 29 heavy (non-hydrogen) atoms. The van der Waals surface area contributed by atoms with E-state index >= 15 is 0 Å². The van der Waals surface area contributed by atoms with E-state index in [4.69, 9.17) is 11.6 Å². The maximum Gasteiger partial charge on any atom is 0.240 e. The van der Waals surface area contributed by atoms with Gasteiger partial charge in [-0.15, -0.1) is 11.8 Å². The van der Waals surface area contributed by atoms with Crippen LogP contribution in [0.4, 0.5) is 0 Å². The van der Waals surface area contributed by atoms with Gasteiger partial charge in [0.15, 0.2) is 0 Å². The van der Waals surface area contributed by atoms with E-state index in [1.807, 2.05) is 24.3 Å². The summed E-state index contributed by atoms with van der Waals surface area (Å²) in [5.74, 6) is 0.584. The van der Waals surface area contributed by atoms with E-state index in [9.17, 15) is 4.79 Å². The molecule has 0 saturated heterocycles. The standard InChI is InChI=1S/C23H24ClN3OS/c1-16-4-8-21(9-5-16)27-17(2)14-19(18(27)3)15-25-26-23(28)12-13-29-22-10-6-20(24)7-11-22/h4-11,14-15H,12-13H2,1-3H3,(H,26,28)/b25-15-. The van der Waals surface area contributed by atoms with Gasteiger partial charge in [0.2, 0.25) is 5.91 Å². The van der Waals surface area contributed by atoms with Crippen molar-refractivity contribution < 1.29 is 4.79 Å². The Balaban J connectivity index is 1.54. The van der Waals surface area contributed by atoms with Crippen molar-refractivity contribution in [1.82, 2.24) is 9.99 Å². The Kier molecular flexibility index (Phi) is 7.18. The number of amides is 1. The molecule has 0 aliphatic rings. The average molecular weight is 426 g/mol. The van der Waals surface area contributed by atoms with E-state index in [2.05, 4.69) is 66.2 Å². The van der Waals surface area contributed by atoms with Crippen molar-refractivity contribution in [1.29, 1.82) is 0 Å². The summed E-state index contributed by atoms with van der Waals surface area (Å²) in [6.07, 6.45) is 2.10. The van der Waals surface area contributed by atoms with Crippen LogP contribution < -0.4 is 5.43 Å². The first kappa shape index (κ1) is 21.2. The molecule has 3 aromatic rings. The van der Waals surface area contributed by atoms with Gasteiger partial charge in [0.1, 0.15) is 0 Å². The van der Waals surface area contributed by atoms with Crippen LogP contribution in [0, 0.1) is 20.8 Å². The van der Waals surface area contributed by atoms with Crippen molar-refractivity contribution in [2.24, 2.45) is 5.10 Å². The molecule has 1 aromatic heterocycles. The van der Waals surface area contributed by atoms with Gasteiger partial charge in [-0.1, -0.05) is 29.3 Å². The second kappa shape index (κ2) is 9.81. The molecule has 1 N–H and O–H groups in total. The highest BCUT2D eigenvalue weighted by atomic mass is 35.5. The molecule has 0 radical (unpaired) electrons. The number of aromatic nitrogens is 1. The van der Waals surface area contributed by atoms with Gasteiger partial charge in [-0.05, 0) is 63.2 Å². The molecule has 0 fully saturated rings. The van der Waals surface area contributed by atoms with Crippen LogP contribution in [0.3, 0.4) is 0 Å². The SMILES string of the molecule is Cc1ccc(-n2c(C)cc(/C=N\NC(=O)CCSc3ccc(Cl)cc3)c2C)cc1. The molecular weight excluding hydrogens is 402 g/mol. The van der Waals surface area contributed by atoms with Gasteiger partial charge >= 0.3 is 0 Å². The molecule has 4 nitrogen and oxygen atoms in total. The molecular formula is C23H24ClN3OS. The molecule has 0 spiro atoms. The first-order valence-corrected chi connectivity index (χ1v) is 10.8. The zero-order valence-electron chi connectivity index (χ0n) is 16.8. The van der Waals surface area contributed by atoms with Gasteiger partial charge in [-0.25, -0.2) is 5.43 Å². The second-order valence-electron chi connectivity index (χ2n) is 6.84. The minimum Gasteiger partial charge on any atom is -0.318 e. The Morgan fingerprint density at radius 1 is 1.10 bits per heavy atom. The van der Waals surface area contributed by atoms with Crippen molar-refractivity contribution in [2.45, 2.75) is 32.1 Å². The number of hydrogen-bond donors (Lipinski definition) is 1. The highest BCUT2D eigenvalue weighted by Crippen LogP contribution is 2.21. The molecule has 0 aliphatic carbocycles. The average Bonchev–Trinajstić information content (AvgIpc) is 2.98. The quantitative estimate of drug-likeness (QED) is 0.300. The lowest BCUT2D eigenvalue weighted by Crippen LogP contribution is -2.17. The molecule has 0 bridgehead atoms. The zero-order valence-corrected chi connectivity index (χ0v) is 18.3. The molecule has 0 saturated carbocycles. The second-order valence-corrected chi connectivity index (χ2v) is 8.45. The minimum atomic E-state index is -0.102. The summed E-state index contributed by atoms with van der Waals surface area (Å²) in [5.41, 5.74) is 8.16. The van der Waals surface area contributed by atoms with E-state index in [1.165, 1.54) is 5.56 Å². The van der Waals surface area contributed by atoms with Gasteiger partial charge in [0.05, 0.1) is 6.21 Å². The fraction of sp³-hybridized carbons (Fsp3) is 0.217. The Bertz CT molecular complexity index is 1010. The Morgan fingerprint density at radius 3 is 2.48 bits per heavy atom. The molecule has 3 rings (SSSR count). The highest BCUT2D eigenvalue weighted by molar-refractivity contribution is 7.99. The first-order valence-electron chi connectivity index (χ1n) is 9.40. The molecule has 0 aliphatic heterocycles. The summed E-state index contributed by atoms with van der Waals surface area (Å²) in [7, 11) is 0. The van der Waals surface area contributed by atoms with Gasteiger partial charge in [-0.3, -0.25) is 4.79 Å². The summed E-state index contributed by atoms with van der Waals surface area (Å²) in [5, 5.41) is 4.85. The number of nitrogens with one attached hydrogen (secondary N) is 1. The number of halogens is 1. The van der Waals surface area contributed by atoms with Crippen LogP contribution in [-0.2, 0) is 4.79 Å². The van der Waals surface area contributed by atoms with Crippen LogP contribution in [-0.4, -0.2) is 22.4 Å². The summed E-state index contributed by atoms with van der Waals surface area (Å²) in [6.45, 7) is 6.20. The maximum absolute atomic E-state index is 12.0. The van der Waals surface area contributed by atoms with Crippen LogP contribution >= 0.6 is 23.4 Å². The first-order chi connectivity index (χ1) is 13.9. The Morgan fingerprint density at radius 2 is 1.79 bits per heavy atom. The molecule has 0 unspecified atom stereocenters. The largest absolute Gasteiger partial charge is 0.318 e. The lowest BCUT2D eigenvalue weighted by molar-refractivity contribution is -0.120. The number of rotatable bonds is 7. The van der Waals surface area contributed by atoms with Crippen LogP contribution in [0.5, 0.6) is 0 Å². The third-order valence-corrected chi connectivity index (χ3v) is 5.83. The third kappa shape index (κ3) is 5.75. The number of nitrogens with zero attached hydrogens (tertiary/aromatic N) is 2. The summed E-state index contributed by atoms with van der Waals surface area (Å²) in [6, 6.07) is 18.1. The van der Waals surface area contributed by atoms with Gasteiger partial charge < -0.3 is 4.57 Å². The number of hydrazone groups is 1. The van der Waals surface area contributed by atoms with E-state index in [1.54, 1.807) is 18.0 Å². The number of carbonyl (C=O) groups is 1. The van der Waals surface area contributed by atoms with Gasteiger partial charge in [0.25, 0.3) is 0 Å². The monoisotopic (exact) mass is 425 g/mol. The number of thioether (sulfide) groups is 1. The van der Waals surface area contributed by atoms with Crippen molar-refractivity contribution in [3.63, 3.8) is 0 Å². The molecule has 1 heterocycles. The normalized spacial score (nSPS) is 11.2. The van der Waals surface area contributed by atoms with E-state index in [0.717, 1.165) is 27.5 Å². The summed E-state index contributed by atoms with van der Waals surface area (Å²) in [4.78, 5) is 13.1. The highest BCUT2D eigenvalue weighted by Gasteiger charge is 2.09. The van der Waals surface area contributed by atoms with Crippen LogP contribution in [0.1, 0.15) is 28.9 Å². The fourth-order valence-electron chi connectivity index (χ4n) is 3.03. The van der Waals surface area contributed by atoms with Crippen molar-refractivity contribution in [2.75, 3.05) is 5.75 Å². The smallest absolute Gasteiger partial charge is 0.240 e. The van der Waals surface area contributed by atoms with Crippen LogP contribution in [0.2, 0.25) is 5.02 Å². The summed E-state index contributed by atoms with van der Waals surface area (Å²) < 4.78 is 2.19. The Hall–Kier alpha value is -2.50.